The molecule has 1 aliphatic carbocycles. The van der Waals surface area contributed by atoms with Gasteiger partial charge in [0.05, 0.1) is 22.1 Å². The van der Waals surface area contributed by atoms with Gasteiger partial charge in [-0.3, -0.25) is 9.78 Å². The normalized spacial score (nSPS) is 18.2. The maximum Gasteiger partial charge on any atom is 0.309 e. The minimum atomic E-state index is -0.774. The molecular formula is C25H23N5O3. The Morgan fingerprint density at radius 2 is 1.94 bits per heavy atom. The van der Waals surface area contributed by atoms with Crippen LogP contribution in [0.4, 0.5) is 5.69 Å². The van der Waals surface area contributed by atoms with Gasteiger partial charge in [-0.15, -0.1) is 0 Å². The van der Waals surface area contributed by atoms with Gasteiger partial charge in [0.15, 0.2) is 0 Å². The van der Waals surface area contributed by atoms with Crippen LogP contribution in [0.5, 0.6) is 5.88 Å². The molecule has 0 amide bonds. The highest BCUT2D eigenvalue weighted by Gasteiger charge is 2.35. The van der Waals surface area contributed by atoms with Crippen LogP contribution in [0.15, 0.2) is 66.7 Å². The number of nitrogens with one attached hydrogen (secondary N) is 1. The highest BCUT2D eigenvalue weighted by molar-refractivity contribution is 5.82. The summed E-state index contributed by atoms with van der Waals surface area (Å²) in [6, 6.07) is 13.1. The Labute approximate surface area is 190 Å². The lowest BCUT2D eigenvalue weighted by Gasteiger charge is -2.28. The first-order chi connectivity index (χ1) is 15.9. The third-order valence-electron chi connectivity index (χ3n) is 6.03. The number of ether oxygens (including phenoxy) is 1. The van der Waals surface area contributed by atoms with Crippen LogP contribution in [-0.2, 0) is 4.79 Å². The van der Waals surface area contributed by atoms with E-state index in [1.807, 2.05) is 42.5 Å². The molecule has 0 aliphatic heterocycles. The second-order valence-corrected chi connectivity index (χ2v) is 8.52. The molecule has 4 N–H and O–H groups in total. The Morgan fingerprint density at radius 3 is 2.61 bits per heavy atom. The largest absolute Gasteiger partial charge is 0.481 e. The molecule has 8 heteroatoms. The number of imidazole rings is 1. The summed E-state index contributed by atoms with van der Waals surface area (Å²) in [5.74, 6) is 1.19. The van der Waals surface area contributed by atoms with Crippen molar-refractivity contribution in [3.8, 4) is 28.5 Å². The van der Waals surface area contributed by atoms with Gasteiger partial charge in [-0.05, 0) is 62.2 Å². The van der Waals surface area contributed by atoms with Gasteiger partial charge in [-0.1, -0.05) is 0 Å². The number of nitrogen functional groups attached to an aromatic ring is 1. The van der Waals surface area contributed by atoms with Crippen molar-refractivity contribution < 1.29 is 14.6 Å². The molecule has 1 unspecified atom stereocenters. The molecule has 166 valence electrons. The second kappa shape index (κ2) is 8.05. The molecule has 0 bridgehead atoms. The molecule has 8 nitrogen and oxygen atoms in total. The van der Waals surface area contributed by atoms with Crippen molar-refractivity contribution in [2.45, 2.75) is 26.2 Å². The number of H-pyrrole nitrogens is 1. The number of benzene rings is 1. The molecule has 1 aliphatic rings. The summed E-state index contributed by atoms with van der Waals surface area (Å²) < 4.78 is 5.85. The molecule has 0 spiro atoms. The Hall–Kier alpha value is -4.20. The standard InChI is InChI=1S/C25H23N5O3/c1-25(24(31)32)10-8-18(9-11-25)33-22-7-3-15(13-28-22)19-5-2-16(14-27-19)23-29-20-6-4-17(26)12-21(20)30-23/h2-8,12-14H,9-11,26H2,1H3,(H,29,30)(H,31,32). The number of nitrogens with two attached hydrogens (primary N) is 1. The number of pyridine rings is 2. The molecule has 1 atom stereocenters. The number of rotatable bonds is 5. The highest BCUT2D eigenvalue weighted by atomic mass is 16.5. The summed E-state index contributed by atoms with van der Waals surface area (Å²) in [5.41, 5.74) is 10.1. The number of carbonyl (C=O) groups is 1. The third kappa shape index (κ3) is 4.15. The van der Waals surface area contributed by atoms with Crippen LogP contribution >= 0.6 is 0 Å². The summed E-state index contributed by atoms with van der Waals surface area (Å²) in [6.07, 6.45) is 6.90. The van der Waals surface area contributed by atoms with Crippen molar-refractivity contribution in [1.82, 2.24) is 19.9 Å². The molecule has 3 aromatic heterocycles. The topological polar surface area (TPSA) is 127 Å². The van der Waals surface area contributed by atoms with Gasteiger partial charge in [0.25, 0.3) is 0 Å². The first kappa shape index (κ1) is 20.7. The smallest absolute Gasteiger partial charge is 0.309 e. The lowest BCUT2D eigenvalue weighted by atomic mass is 9.78. The number of carboxylic acid groups (broad SMARTS) is 1. The van der Waals surface area contributed by atoms with Gasteiger partial charge in [-0.25, -0.2) is 9.97 Å². The lowest BCUT2D eigenvalue weighted by molar-refractivity contribution is -0.148. The van der Waals surface area contributed by atoms with E-state index < -0.39 is 11.4 Å². The van der Waals surface area contributed by atoms with Crippen molar-refractivity contribution in [2.75, 3.05) is 5.73 Å². The van der Waals surface area contributed by atoms with Gasteiger partial charge in [0.2, 0.25) is 5.88 Å². The van der Waals surface area contributed by atoms with E-state index in [1.54, 1.807) is 25.4 Å². The van der Waals surface area contributed by atoms with Crippen molar-refractivity contribution in [1.29, 1.82) is 0 Å². The van der Waals surface area contributed by atoms with Crippen molar-refractivity contribution in [2.24, 2.45) is 5.41 Å². The van der Waals surface area contributed by atoms with E-state index in [4.69, 9.17) is 10.5 Å². The van der Waals surface area contributed by atoms with Crippen LogP contribution in [0.1, 0.15) is 26.2 Å². The van der Waals surface area contributed by atoms with Crippen LogP contribution < -0.4 is 10.5 Å². The number of hydrogen-bond donors (Lipinski definition) is 3. The number of aromatic nitrogens is 4. The zero-order valence-corrected chi connectivity index (χ0v) is 18.1. The minimum Gasteiger partial charge on any atom is -0.481 e. The van der Waals surface area contributed by atoms with E-state index in [0.29, 0.717) is 30.8 Å². The molecule has 0 radical (unpaired) electrons. The molecule has 0 saturated heterocycles. The Morgan fingerprint density at radius 1 is 1.12 bits per heavy atom. The summed E-state index contributed by atoms with van der Waals surface area (Å²) in [6.45, 7) is 1.76. The number of fused-ring (bicyclic) bond motifs is 1. The summed E-state index contributed by atoms with van der Waals surface area (Å²) in [4.78, 5) is 28.2. The molecule has 5 rings (SSSR count). The zero-order chi connectivity index (χ0) is 23.0. The summed E-state index contributed by atoms with van der Waals surface area (Å²) in [7, 11) is 0. The van der Waals surface area contributed by atoms with E-state index >= 15 is 0 Å². The van der Waals surface area contributed by atoms with E-state index in [0.717, 1.165) is 39.4 Å². The lowest BCUT2D eigenvalue weighted by Crippen LogP contribution is -2.29. The van der Waals surface area contributed by atoms with Crippen LogP contribution in [0.2, 0.25) is 0 Å². The zero-order valence-electron chi connectivity index (χ0n) is 18.1. The van der Waals surface area contributed by atoms with E-state index in [1.165, 1.54) is 0 Å². The number of carboxylic acids is 1. The Kier molecular flexibility index (Phi) is 5.05. The van der Waals surface area contributed by atoms with Gasteiger partial charge in [-0.2, -0.15) is 0 Å². The first-order valence-electron chi connectivity index (χ1n) is 10.7. The summed E-state index contributed by atoms with van der Waals surface area (Å²) >= 11 is 0. The van der Waals surface area contributed by atoms with Crippen molar-refractivity contribution >= 4 is 22.7 Å². The van der Waals surface area contributed by atoms with Gasteiger partial charge in [0.1, 0.15) is 11.6 Å². The van der Waals surface area contributed by atoms with E-state index in [-0.39, 0.29) is 0 Å². The van der Waals surface area contributed by atoms with Crippen LogP contribution in [0.25, 0.3) is 33.7 Å². The Bertz CT molecular complexity index is 1360. The molecule has 0 fully saturated rings. The molecule has 4 aromatic rings. The maximum absolute atomic E-state index is 11.4. The van der Waals surface area contributed by atoms with E-state index in [9.17, 15) is 9.90 Å². The number of allylic oxidation sites excluding steroid dienone is 2. The fourth-order valence-electron chi connectivity index (χ4n) is 3.82. The molecule has 33 heavy (non-hydrogen) atoms. The first-order valence-corrected chi connectivity index (χ1v) is 10.7. The van der Waals surface area contributed by atoms with Crippen LogP contribution in [0, 0.1) is 5.41 Å². The van der Waals surface area contributed by atoms with E-state index in [2.05, 4.69) is 19.9 Å². The van der Waals surface area contributed by atoms with Gasteiger partial charge >= 0.3 is 5.97 Å². The Balaban J connectivity index is 1.28. The summed E-state index contributed by atoms with van der Waals surface area (Å²) in [5, 5.41) is 9.34. The molecule has 0 saturated carbocycles. The fourth-order valence-corrected chi connectivity index (χ4v) is 3.82. The SMILES string of the molecule is CC1(C(=O)O)CC=C(Oc2ccc(-c3ccc(-c4nc5ccc(N)cc5[nH]4)cn3)cn2)CC1. The van der Waals surface area contributed by atoms with Crippen LogP contribution in [0.3, 0.4) is 0 Å². The highest BCUT2D eigenvalue weighted by Crippen LogP contribution is 2.36. The molecule has 3 heterocycles. The third-order valence-corrected chi connectivity index (χ3v) is 6.03. The minimum absolute atomic E-state index is 0.449. The number of aliphatic carboxylic acids is 1. The number of hydrogen-bond acceptors (Lipinski definition) is 6. The fraction of sp³-hybridized carbons (Fsp3) is 0.200. The van der Waals surface area contributed by atoms with Gasteiger partial charge < -0.3 is 20.6 Å². The van der Waals surface area contributed by atoms with Crippen molar-refractivity contribution in [3.05, 3.63) is 66.7 Å². The predicted molar refractivity (Wildman–Crippen MR) is 125 cm³/mol. The number of aromatic amines is 1. The number of anilines is 1. The maximum atomic E-state index is 11.4. The second-order valence-electron chi connectivity index (χ2n) is 8.52. The van der Waals surface area contributed by atoms with Crippen molar-refractivity contribution in [3.63, 3.8) is 0 Å². The molecule has 1 aromatic carbocycles. The number of nitrogens with zero attached hydrogens (tertiary/aromatic N) is 3. The molecular weight excluding hydrogens is 418 g/mol. The quantitative estimate of drug-likeness (QED) is 0.379. The van der Waals surface area contributed by atoms with Crippen LogP contribution in [-0.4, -0.2) is 31.0 Å². The average molecular weight is 441 g/mol. The predicted octanol–water partition coefficient (Wildman–Crippen LogP) is 4.81. The average Bonchev–Trinajstić information content (AvgIpc) is 3.24. The van der Waals surface area contributed by atoms with Gasteiger partial charge in [0, 0.05) is 41.7 Å². The monoisotopic (exact) mass is 441 g/mol.